The van der Waals surface area contributed by atoms with Crippen LogP contribution in [-0.2, 0) is 0 Å². The molecule has 21 heavy (non-hydrogen) atoms. The van der Waals surface area contributed by atoms with Gasteiger partial charge in [-0.15, -0.1) is 5.10 Å². The summed E-state index contributed by atoms with van der Waals surface area (Å²) >= 11 is 5.96. The Hall–Kier alpha value is -2.76. The highest BCUT2D eigenvalue weighted by Gasteiger charge is 2.08. The van der Waals surface area contributed by atoms with Crippen molar-refractivity contribution in [2.24, 2.45) is 5.11 Å². The van der Waals surface area contributed by atoms with Crippen LogP contribution in [0.4, 0.5) is 5.69 Å². The number of imidazole rings is 1. The van der Waals surface area contributed by atoms with Gasteiger partial charge in [0.1, 0.15) is 0 Å². The molecule has 0 N–H and O–H groups in total. The minimum atomic E-state index is 0.360. The van der Waals surface area contributed by atoms with E-state index in [1.54, 1.807) is 48.2 Å². The predicted molar refractivity (Wildman–Crippen MR) is 78.8 cm³/mol. The van der Waals surface area contributed by atoms with Gasteiger partial charge in [-0.1, -0.05) is 22.8 Å². The minimum Gasteiger partial charge on any atom is -0.480 e. The van der Waals surface area contributed by atoms with E-state index in [2.05, 4.69) is 20.1 Å². The molecule has 1 aromatic carbocycles. The first-order valence-corrected chi connectivity index (χ1v) is 6.34. The summed E-state index contributed by atoms with van der Waals surface area (Å²) in [7, 11) is 1.55. The molecule has 0 fully saturated rings. The van der Waals surface area contributed by atoms with Crippen LogP contribution in [0.25, 0.3) is 27.3 Å². The molecule has 0 saturated heterocycles. The first-order valence-electron chi connectivity index (χ1n) is 5.96. The molecule has 2 heterocycles. The summed E-state index contributed by atoms with van der Waals surface area (Å²) in [5, 5.41) is 8.18. The summed E-state index contributed by atoms with van der Waals surface area (Å²) in [4.78, 5) is 7.21. The van der Waals surface area contributed by atoms with Crippen molar-refractivity contribution in [2.75, 3.05) is 7.11 Å². The third-order valence-corrected chi connectivity index (χ3v) is 3.22. The second-order valence-electron chi connectivity index (χ2n) is 4.16. The number of nitrogens with zero attached hydrogens (tertiary/aromatic N) is 6. The molecule has 0 unspecified atom stereocenters. The van der Waals surface area contributed by atoms with E-state index in [4.69, 9.17) is 21.9 Å². The Bertz CT molecular complexity index is 868. The van der Waals surface area contributed by atoms with E-state index in [1.807, 2.05) is 0 Å². The van der Waals surface area contributed by atoms with Crippen LogP contribution in [0.15, 0.2) is 41.6 Å². The highest BCUT2D eigenvalue weighted by Crippen LogP contribution is 2.30. The van der Waals surface area contributed by atoms with Crippen molar-refractivity contribution >= 4 is 22.9 Å². The lowest BCUT2D eigenvalue weighted by Crippen LogP contribution is -1.93. The van der Waals surface area contributed by atoms with E-state index < -0.39 is 0 Å². The third-order valence-electron chi connectivity index (χ3n) is 2.90. The average molecular weight is 301 g/mol. The van der Waals surface area contributed by atoms with Gasteiger partial charge in [0.25, 0.3) is 0 Å². The third kappa shape index (κ3) is 2.47. The molecule has 0 bridgehead atoms. The number of methoxy groups -OCH3 is 1. The largest absolute Gasteiger partial charge is 0.480 e. The molecule has 0 saturated carbocycles. The Balaban J connectivity index is 2.11. The van der Waals surface area contributed by atoms with E-state index in [9.17, 15) is 0 Å². The van der Waals surface area contributed by atoms with Gasteiger partial charge in [0.2, 0.25) is 5.88 Å². The van der Waals surface area contributed by atoms with Crippen molar-refractivity contribution < 1.29 is 4.74 Å². The number of rotatable bonds is 3. The van der Waals surface area contributed by atoms with Crippen LogP contribution >= 0.6 is 11.6 Å². The number of halogens is 1. The molecule has 2 aromatic heterocycles. The molecule has 0 amide bonds. The Morgan fingerprint density at radius 3 is 2.95 bits per heavy atom. The zero-order valence-corrected chi connectivity index (χ0v) is 11.7. The highest BCUT2D eigenvalue weighted by molar-refractivity contribution is 6.33. The summed E-state index contributed by atoms with van der Waals surface area (Å²) in [6.07, 6.45) is 1.76. The predicted octanol–water partition coefficient (Wildman–Crippen LogP) is 4.00. The molecular weight excluding hydrogens is 292 g/mol. The Kier molecular flexibility index (Phi) is 3.35. The second kappa shape index (κ2) is 5.32. The van der Waals surface area contributed by atoms with Crippen molar-refractivity contribution in [3.63, 3.8) is 0 Å². The monoisotopic (exact) mass is 300 g/mol. The maximum Gasteiger partial charge on any atom is 0.231 e. The van der Waals surface area contributed by atoms with Gasteiger partial charge in [0.05, 0.1) is 29.7 Å². The van der Waals surface area contributed by atoms with Crippen LogP contribution in [-0.4, -0.2) is 21.7 Å². The highest BCUT2D eigenvalue weighted by atomic mass is 35.5. The minimum absolute atomic E-state index is 0.360. The zero-order valence-electron chi connectivity index (χ0n) is 10.9. The number of ether oxygens (including phenoxy) is 1. The molecule has 0 aliphatic rings. The van der Waals surface area contributed by atoms with E-state index in [1.165, 1.54) is 0 Å². The van der Waals surface area contributed by atoms with Crippen molar-refractivity contribution in [1.82, 2.24) is 14.6 Å². The van der Waals surface area contributed by atoms with Gasteiger partial charge < -0.3 is 4.74 Å². The summed E-state index contributed by atoms with van der Waals surface area (Å²) in [6, 6.07) is 8.69. The number of azide groups is 1. The SMILES string of the molecule is COc1ccc2nc(-c3ccc(Cl)c(N=[N+]=[N-])c3)cn2n1. The van der Waals surface area contributed by atoms with E-state index in [-0.39, 0.29) is 0 Å². The Labute approximate surface area is 124 Å². The van der Waals surface area contributed by atoms with Crippen LogP contribution in [0.5, 0.6) is 5.88 Å². The maximum atomic E-state index is 8.53. The summed E-state index contributed by atoms with van der Waals surface area (Å²) in [5.41, 5.74) is 11.1. The number of aromatic nitrogens is 3. The van der Waals surface area contributed by atoms with E-state index in [0.717, 1.165) is 5.56 Å². The first kappa shape index (κ1) is 13.2. The Morgan fingerprint density at radius 2 is 2.19 bits per heavy atom. The van der Waals surface area contributed by atoms with Crippen LogP contribution in [0, 0.1) is 0 Å². The van der Waals surface area contributed by atoms with Gasteiger partial charge in [-0.2, -0.15) is 0 Å². The molecule has 0 aliphatic heterocycles. The van der Waals surface area contributed by atoms with Crippen molar-refractivity contribution in [3.05, 3.63) is 52.0 Å². The molecule has 3 rings (SSSR count). The fraction of sp³-hybridized carbons (Fsp3) is 0.0769. The molecule has 0 radical (unpaired) electrons. The van der Waals surface area contributed by atoms with Crippen LogP contribution in [0.3, 0.4) is 0 Å². The van der Waals surface area contributed by atoms with Crippen molar-refractivity contribution in [1.29, 1.82) is 0 Å². The van der Waals surface area contributed by atoms with Gasteiger partial charge in [-0.05, 0) is 23.7 Å². The average Bonchev–Trinajstić information content (AvgIpc) is 2.92. The van der Waals surface area contributed by atoms with Crippen LogP contribution in [0.1, 0.15) is 0 Å². The second-order valence-corrected chi connectivity index (χ2v) is 4.57. The van der Waals surface area contributed by atoms with Crippen LogP contribution < -0.4 is 4.74 Å². The lowest BCUT2D eigenvalue weighted by molar-refractivity contribution is 0.390. The normalized spacial score (nSPS) is 10.4. The fourth-order valence-corrected chi connectivity index (χ4v) is 2.06. The molecule has 104 valence electrons. The van der Waals surface area contributed by atoms with Gasteiger partial charge >= 0.3 is 0 Å². The smallest absolute Gasteiger partial charge is 0.231 e. The van der Waals surface area contributed by atoms with Gasteiger partial charge in [0, 0.05) is 16.5 Å². The quantitative estimate of drug-likeness (QED) is 0.416. The molecular formula is C13H9ClN6O. The number of hydrogen-bond acceptors (Lipinski definition) is 4. The lowest BCUT2D eigenvalue weighted by Gasteiger charge is -2.00. The Morgan fingerprint density at radius 1 is 1.33 bits per heavy atom. The standard InChI is InChI=1S/C13H9ClN6O/c1-21-13-5-4-12-16-11(7-20(12)18-13)8-2-3-9(14)10(6-8)17-19-15/h2-7H,1H3. The lowest BCUT2D eigenvalue weighted by atomic mass is 10.1. The number of hydrogen-bond donors (Lipinski definition) is 0. The van der Waals surface area contributed by atoms with Gasteiger partial charge in [-0.25, -0.2) is 9.50 Å². The van der Waals surface area contributed by atoms with E-state index in [0.29, 0.717) is 27.9 Å². The van der Waals surface area contributed by atoms with Crippen molar-refractivity contribution in [2.45, 2.75) is 0 Å². The van der Waals surface area contributed by atoms with E-state index >= 15 is 0 Å². The molecule has 7 nitrogen and oxygen atoms in total. The topological polar surface area (TPSA) is 88.2 Å². The molecule has 0 aliphatic carbocycles. The van der Waals surface area contributed by atoms with Crippen molar-refractivity contribution in [3.8, 4) is 17.1 Å². The summed E-state index contributed by atoms with van der Waals surface area (Å²) < 4.78 is 6.69. The maximum absolute atomic E-state index is 8.53. The van der Waals surface area contributed by atoms with Crippen LogP contribution in [0.2, 0.25) is 5.02 Å². The molecule has 0 atom stereocenters. The number of fused-ring (bicyclic) bond motifs is 1. The number of benzene rings is 1. The molecule has 8 heteroatoms. The summed E-state index contributed by atoms with van der Waals surface area (Å²) in [5.74, 6) is 0.498. The fourth-order valence-electron chi connectivity index (χ4n) is 1.91. The van der Waals surface area contributed by atoms with Gasteiger partial charge in [-0.3, -0.25) is 0 Å². The molecule has 3 aromatic rings. The summed E-state index contributed by atoms with van der Waals surface area (Å²) in [6.45, 7) is 0. The zero-order chi connectivity index (χ0) is 14.8. The first-order chi connectivity index (χ1) is 10.2. The van der Waals surface area contributed by atoms with Gasteiger partial charge in [0.15, 0.2) is 5.65 Å². The molecule has 0 spiro atoms.